The van der Waals surface area contributed by atoms with E-state index in [4.69, 9.17) is 5.73 Å². The Morgan fingerprint density at radius 3 is 2.71 bits per heavy atom. The zero-order chi connectivity index (χ0) is 12.3. The number of nitrogens with zero attached hydrogens (tertiary/aromatic N) is 2. The number of nitrogen functional groups attached to an aromatic ring is 1. The van der Waals surface area contributed by atoms with Crippen molar-refractivity contribution >= 4 is 27.7 Å². The van der Waals surface area contributed by atoms with Crippen molar-refractivity contribution in [3.63, 3.8) is 0 Å². The number of aromatic nitrogens is 2. The molecule has 2 heterocycles. The fourth-order valence-electron chi connectivity index (χ4n) is 1.59. The van der Waals surface area contributed by atoms with Crippen molar-refractivity contribution in [1.29, 1.82) is 0 Å². The van der Waals surface area contributed by atoms with Gasteiger partial charge in [-0.05, 0) is 18.6 Å². The highest BCUT2D eigenvalue weighted by molar-refractivity contribution is 7.99. The Morgan fingerprint density at radius 2 is 2.12 bits per heavy atom. The largest absolute Gasteiger partial charge is 0.368 e. The number of hydrogen-bond donors (Lipinski definition) is 2. The molecule has 0 spiro atoms. The molecule has 17 heavy (non-hydrogen) atoms. The van der Waals surface area contributed by atoms with Gasteiger partial charge >= 0.3 is 0 Å². The van der Waals surface area contributed by atoms with Gasteiger partial charge in [0.1, 0.15) is 4.90 Å². The maximum absolute atomic E-state index is 12.0. The molecule has 6 nitrogen and oxygen atoms in total. The summed E-state index contributed by atoms with van der Waals surface area (Å²) in [5, 5.41) is 0. The van der Waals surface area contributed by atoms with Crippen LogP contribution >= 0.6 is 11.8 Å². The second-order valence-electron chi connectivity index (χ2n) is 3.81. The molecule has 0 radical (unpaired) electrons. The Balaban J connectivity index is 2.10. The minimum Gasteiger partial charge on any atom is -0.368 e. The van der Waals surface area contributed by atoms with E-state index in [0.717, 1.165) is 24.3 Å². The van der Waals surface area contributed by atoms with Crippen LogP contribution in [0.15, 0.2) is 17.3 Å². The molecule has 0 aliphatic carbocycles. The van der Waals surface area contributed by atoms with Crippen LogP contribution in [0, 0.1) is 0 Å². The van der Waals surface area contributed by atoms with Gasteiger partial charge in [0.15, 0.2) is 0 Å². The first kappa shape index (κ1) is 12.6. The number of hydrogen-bond acceptors (Lipinski definition) is 6. The predicted molar refractivity (Wildman–Crippen MR) is 67.1 cm³/mol. The molecule has 1 unspecified atom stereocenters. The normalized spacial score (nSPS) is 21.3. The van der Waals surface area contributed by atoms with E-state index in [1.54, 1.807) is 11.8 Å². The van der Waals surface area contributed by atoms with Crippen LogP contribution in [0.1, 0.15) is 12.8 Å². The summed E-state index contributed by atoms with van der Waals surface area (Å²) < 4.78 is 26.6. The van der Waals surface area contributed by atoms with E-state index in [9.17, 15) is 8.42 Å². The minimum atomic E-state index is -3.52. The highest BCUT2D eigenvalue weighted by Gasteiger charge is 2.22. The van der Waals surface area contributed by atoms with Gasteiger partial charge in [0.05, 0.1) is 12.4 Å². The minimum absolute atomic E-state index is 0.00342. The second kappa shape index (κ2) is 5.19. The number of thioether (sulfide) groups is 1. The second-order valence-corrected chi connectivity index (χ2v) is 6.68. The first-order valence-corrected chi connectivity index (χ1v) is 7.89. The average molecular weight is 274 g/mol. The molecule has 1 aromatic heterocycles. The van der Waals surface area contributed by atoms with E-state index in [1.165, 1.54) is 12.4 Å². The molecule has 2 rings (SSSR count). The van der Waals surface area contributed by atoms with Crippen LogP contribution in [0.4, 0.5) is 5.95 Å². The Bertz CT molecular complexity index is 468. The highest BCUT2D eigenvalue weighted by atomic mass is 32.2. The number of sulfonamides is 1. The van der Waals surface area contributed by atoms with Crippen molar-refractivity contribution < 1.29 is 8.42 Å². The van der Waals surface area contributed by atoms with E-state index in [0.29, 0.717) is 0 Å². The average Bonchev–Trinajstić information content (AvgIpc) is 2.30. The van der Waals surface area contributed by atoms with Gasteiger partial charge in [0, 0.05) is 11.8 Å². The van der Waals surface area contributed by atoms with Crippen LogP contribution in [0.25, 0.3) is 0 Å². The van der Waals surface area contributed by atoms with Crippen LogP contribution in [0.3, 0.4) is 0 Å². The monoisotopic (exact) mass is 274 g/mol. The molecular weight excluding hydrogens is 260 g/mol. The molecule has 0 saturated carbocycles. The van der Waals surface area contributed by atoms with E-state index in [2.05, 4.69) is 14.7 Å². The van der Waals surface area contributed by atoms with Crippen LogP contribution < -0.4 is 10.5 Å². The molecule has 0 bridgehead atoms. The maximum atomic E-state index is 12.0. The lowest BCUT2D eigenvalue weighted by molar-refractivity contribution is 0.542. The van der Waals surface area contributed by atoms with Crippen molar-refractivity contribution in [2.75, 3.05) is 17.2 Å². The van der Waals surface area contributed by atoms with Gasteiger partial charge in [-0.15, -0.1) is 0 Å². The molecule has 0 aromatic carbocycles. The molecule has 8 heteroatoms. The van der Waals surface area contributed by atoms with E-state index >= 15 is 0 Å². The summed E-state index contributed by atoms with van der Waals surface area (Å²) >= 11 is 1.76. The zero-order valence-corrected chi connectivity index (χ0v) is 10.8. The molecule has 1 fully saturated rings. The van der Waals surface area contributed by atoms with Crippen LogP contribution in [0.2, 0.25) is 0 Å². The zero-order valence-electron chi connectivity index (χ0n) is 9.17. The summed E-state index contributed by atoms with van der Waals surface area (Å²) in [6, 6.07) is -0.00342. The third kappa shape index (κ3) is 3.30. The number of nitrogens with two attached hydrogens (primary N) is 1. The molecule has 0 amide bonds. The number of rotatable bonds is 3. The fourth-order valence-corrected chi connectivity index (χ4v) is 3.92. The van der Waals surface area contributed by atoms with Crippen LogP contribution in [-0.2, 0) is 10.0 Å². The van der Waals surface area contributed by atoms with Crippen molar-refractivity contribution in [1.82, 2.24) is 14.7 Å². The van der Waals surface area contributed by atoms with Gasteiger partial charge < -0.3 is 5.73 Å². The lowest BCUT2D eigenvalue weighted by atomic mass is 10.2. The summed E-state index contributed by atoms with van der Waals surface area (Å²) in [5.74, 6) is 1.98. The first-order valence-electron chi connectivity index (χ1n) is 5.25. The smallest absolute Gasteiger partial charge is 0.243 e. The summed E-state index contributed by atoms with van der Waals surface area (Å²) in [6.45, 7) is 0. The number of anilines is 1. The van der Waals surface area contributed by atoms with E-state index < -0.39 is 10.0 Å². The summed E-state index contributed by atoms with van der Waals surface area (Å²) in [6.07, 6.45) is 4.36. The summed E-state index contributed by atoms with van der Waals surface area (Å²) in [5.41, 5.74) is 5.31. The van der Waals surface area contributed by atoms with Crippen LogP contribution in [-0.4, -0.2) is 35.9 Å². The third-order valence-corrected chi connectivity index (χ3v) is 5.13. The van der Waals surface area contributed by atoms with E-state index in [-0.39, 0.29) is 16.9 Å². The van der Waals surface area contributed by atoms with Crippen molar-refractivity contribution in [3.8, 4) is 0 Å². The predicted octanol–water partition coefficient (Wildman–Crippen LogP) is 0.233. The molecule has 94 valence electrons. The lowest BCUT2D eigenvalue weighted by Gasteiger charge is -2.22. The maximum Gasteiger partial charge on any atom is 0.243 e. The van der Waals surface area contributed by atoms with Gasteiger partial charge in [-0.3, -0.25) is 0 Å². The molecule has 1 aliphatic rings. The Labute approximate surface area is 104 Å². The quantitative estimate of drug-likeness (QED) is 0.819. The molecule has 1 saturated heterocycles. The highest BCUT2D eigenvalue weighted by Crippen LogP contribution is 2.18. The molecule has 1 atom stereocenters. The molecule has 3 N–H and O–H groups in total. The fraction of sp³-hybridized carbons (Fsp3) is 0.556. The Hall–Kier alpha value is -0.860. The topological polar surface area (TPSA) is 98.0 Å². The SMILES string of the molecule is Nc1ncc(S(=O)(=O)NC2CCCSC2)cn1. The van der Waals surface area contributed by atoms with Crippen molar-refractivity contribution in [2.24, 2.45) is 0 Å². The third-order valence-electron chi connectivity index (χ3n) is 2.44. The number of nitrogens with one attached hydrogen (secondary N) is 1. The molecule has 1 aromatic rings. The van der Waals surface area contributed by atoms with E-state index in [1.807, 2.05) is 0 Å². The first-order chi connectivity index (χ1) is 8.08. The standard InChI is InChI=1S/C9H14N4O2S2/c10-9-11-4-8(5-12-9)17(14,15)13-7-2-1-3-16-6-7/h4-5,7,13H,1-3,6H2,(H2,10,11,12). The van der Waals surface area contributed by atoms with Gasteiger partial charge in [-0.25, -0.2) is 23.1 Å². The van der Waals surface area contributed by atoms with Gasteiger partial charge in [-0.1, -0.05) is 0 Å². The molecular formula is C9H14N4O2S2. The van der Waals surface area contributed by atoms with Crippen molar-refractivity contribution in [2.45, 2.75) is 23.8 Å². The summed E-state index contributed by atoms with van der Waals surface area (Å²) in [4.78, 5) is 7.42. The van der Waals surface area contributed by atoms with Gasteiger partial charge in [-0.2, -0.15) is 11.8 Å². The Morgan fingerprint density at radius 1 is 1.41 bits per heavy atom. The van der Waals surface area contributed by atoms with Gasteiger partial charge in [0.2, 0.25) is 16.0 Å². The lowest BCUT2D eigenvalue weighted by Crippen LogP contribution is -2.38. The molecule has 1 aliphatic heterocycles. The van der Waals surface area contributed by atoms with Crippen LogP contribution in [0.5, 0.6) is 0 Å². The Kier molecular flexibility index (Phi) is 3.85. The summed E-state index contributed by atoms with van der Waals surface area (Å²) in [7, 11) is -3.52. The van der Waals surface area contributed by atoms with Crippen molar-refractivity contribution in [3.05, 3.63) is 12.4 Å². The van der Waals surface area contributed by atoms with Gasteiger partial charge in [0.25, 0.3) is 0 Å².